The van der Waals surface area contributed by atoms with Crippen LogP contribution in [0.15, 0.2) is 401 Å². The van der Waals surface area contributed by atoms with Gasteiger partial charge in [-0.3, -0.25) is 14.7 Å². The molecule has 21 rings (SSSR count). The molecule has 0 spiro atoms. The number of esters is 1. The Kier molecular flexibility index (Phi) is 45.1. The molecular weight excluding hydrogens is 1930 g/mol. The molecule has 26 heteroatoms. The van der Waals surface area contributed by atoms with Crippen molar-refractivity contribution in [3.63, 3.8) is 0 Å². The molecule has 6 saturated carbocycles. The monoisotopic (exact) mass is 2070 g/mol. The van der Waals surface area contributed by atoms with Gasteiger partial charge in [-0.15, -0.1) is 0 Å². The van der Waals surface area contributed by atoms with Crippen LogP contribution in [0.2, 0.25) is 0 Å². The Bertz CT molecular complexity index is 5510. The Morgan fingerprint density at radius 1 is 0.490 bits per heavy atom. The van der Waals surface area contributed by atoms with Crippen molar-refractivity contribution >= 4 is 84.0 Å². The van der Waals surface area contributed by atoms with Crippen molar-refractivity contribution in [2.24, 2.45) is 39.5 Å². The number of ketones is 1. The maximum absolute atomic E-state index is 11.8. The van der Waals surface area contributed by atoms with Gasteiger partial charge >= 0.3 is 24.0 Å². The number of fused-ring (bicyclic) bond motifs is 3. The molecule has 3 N–H and O–H groups in total. The summed E-state index contributed by atoms with van der Waals surface area (Å²) in [7, 11) is -2.71. The number of nitrogens with zero attached hydrogens (tertiary/aromatic N) is 3. The normalized spacial score (nSPS) is 19.0. The zero-order valence-corrected chi connectivity index (χ0v) is 88.3. The maximum Gasteiger partial charge on any atom is 0.417 e. The number of aromatic carboxylic acids is 1. The zero-order valence-electron chi connectivity index (χ0n) is 85.0. The number of methoxy groups -OCH3 is 1. The largest absolute Gasteiger partial charge is 0.872 e. The van der Waals surface area contributed by atoms with Crippen LogP contribution in [0.3, 0.4) is 0 Å². The minimum Gasteiger partial charge on any atom is -0.872 e. The predicted molar refractivity (Wildman–Crippen MR) is 577 cm³/mol. The molecule has 6 bridgehead atoms. The number of carboxylic acids is 2. The molecule has 3 heterocycles. The number of para-hydroxylation sites is 2. The molecule has 6 aliphatic carbocycles. The van der Waals surface area contributed by atoms with E-state index in [-0.39, 0.29) is 67.6 Å². The van der Waals surface area contributed by atoms with E-state index in [0.717, 1.165) is 83.7 Å². The highest BCUT2D eigenvalue weighted by Gasteiger charge is 2.64. The highest BCUT2D eigenvalue weighted by Crippen LogP contribution is 2.64. The van der Waals surface area contributed by atoms with Crippen molar-refractivity contribution in [3.8, 4) is 5.75 Å². The van der Waals surface area contributed by atoms with Crippen molar-refractivity contribution in [2.45, 2.75) is 179 Å². The van der Waals surface area contributed by atoms with Crippen molar-refractivity contribution < 1.29 is 90.5 Å². The number of carboxylic acid groups (broad SMARTS) is 2. The van der Waals surface area contributed by atoms with Gasteiger partial charge in [0.15, 0.2) is 44.1 Å². The quantitative estimate of drug-likeness (QED) is 0.0135. The number of benzene rings is 12. The van der Waals surface area contributed by atoms with E-state index in [1.807, 2.05) is 46.8 Å². The van der Waals surface area contributed by atoms with Gasteiger partial charge in [-0.25, -0.2) is 27.6 Å². The molecule has 776 valence electrons. The number of Topliss-reactive ketones (excluding diaryl/α,β-unsaturated/α-hetero) is 1. The standard InChI is InChI=1S/3C18H15S.C14H11N.C13H27NO5.C12H16O4.C11H21NO3.C10H16O4S.C7H6O3/c3*1-4-10-16(11-5-1)19(17-12-6-2-7-13-17)18-14-8-3-9-15-18;1-2-6-11(7-3-1)14-10-12-8-4-5-9-13(12)15-14;1-15-8-9-18-12-13-19-11-10-17-7-4-14-2-5-16-6-3-14;13-10(14)11(15)16-12-4-7-1-8(5-12)3-9(2-7)6-12;1-4-11(2,3)15-10(14)12-7-5-9(13)6-8-12;1-9(2)7-3-4-10(9,8(11)5-7)6-15(12,13)14;8-6-4-2-1-3-5(6)7(9)10/h3*1-15H;1-9H,10H2;2-13H2,1H3;7-9H,1-6H2,(H,13,14);9,13H,4-8H2,1-3H3;7H,3-6H2,1-2H3,(H,12,13,14);1-4,8H,(H,9,10)/q3*+1;;;;;;/p-2. The molecule has 3 aliphatic heterocycles. The summed E-state index contributed by atoms with van der Waals surface area (Å²) in [6.07, 6.45) is 10.9. The van der Waals surface area contributed by atoms with Crippen molar-refractivity contribution in [3.05, 3.63) is 369 Å². The number of piperidine rings is 1. The molecule has 22 nitrogen and oxygen atoms in total. The number of ether oxygens (including phenoxy) is 7. The summed E-state index contributed by atoms with van der Waals surface area (Å²) in [5.41, 5.74) is 2.64. The molecule has 2 unspecified atom stereocenters. The highest BCUT2D eigenvalue weighted by molar-refractivity contribution is 7.97. The van der Waals surface area contributed by atoms with Crippen LogP contribution in [0.1, 0.15) is 133 Å². The van der Waals surface area contributed by atoms with E-state index in [1.165, 1.54) is 104 Å². The van der Waals surface area contributed by atoms with Gasteiger partial charge in [-0.1, -0.05) is 257 Å². The van der Waals surface area contributed by atoms with Crippen LogP contribution in [0, 0.1) is 34.5 Å². The SMILES string of the molecule is CC1(C)C2CCC1(CS(=O)(=O)[O-])C(=O)C2.CCC(C)(C)OC(=O)N1CCC(O)CC1.COCCOCCOCCOCCN1CCOCC1.O=C(O)C(=O)OC12CC3CC(CC(C3)C1)C2.O=C(O)c1ccccc1[O-].c1ccc(C2=Nc3ccccc3C2)cc1.c1ccc([S+](c2ccccc2)c2ccccc2)cc1.c1ccc([S+](c2ccccc2)c2ccccc2)cc1.c1ccc([S+](c2ccccc2)c2ccccc2)cc1. The molecule has 0 radical (unpaired) electrons. The Morgan fingerprint density at radius 2 is 0.850 bits per heavy atom. The minimum absolute atomic E-state index is 0.0146. The fourth-order valence-corrected chi connectivity index (χ4v) is 27.3. The third kappa shape index (κ3) is 35.1. The van der Waals surface area contributed by atoms with Crippen LogP contribution >= 0.6 is 0 Å². The second-order valence-corrected chi connectivity index (χ2v) is 45.9. The van der Waals surface area contributed by atoms with E-state index >= 15 is 0 Å². The molecule has 1 amide bonds. The lowest BCUT2D eigenvalue weighted by Crippen LogP contribution is -2.53. The Hall–Kier alpha value is -11.9. The summed E-state index contributed by atoms with van der Waals surface area (Å²) in [5, 5.41) is 37.0. The van der Waals surface area contributed by atoms with Gasteiger partial charge in [0.25, 0.3) is 0 Å². The van der Waals surface area contributed by atoms with Crippen LogP contribution in [-0.4, -0.2) is 196 Å². The summed E-state index contributed by atoms with van der Waals surface area (Å²) < 4.78 is 69.6. The first-order valence-corrected chi connectivity index (χ1v) is 55.9. The summed E-state index contributed by atoms with van der Waals surface area (Å²) in [6, 6.07) is 121. The van der Waals surface area contributed by atoms with E-state index < -0.39 is 56.1 Å². The molecule has 12 aromatic carbocycles. The highest BCUT2D eigenvalue weighted by atomic mass is 32.2. The van der Waals surface area contributed by atoms with Gasteiger partial charge in [0.05, 0.1) is 131 Å². The number of aliphatic hydroxyl groups excluding tert-OH is 1. The third-order valence-corrected chi connectivity index (χ3v) is 35.0. The molecule has 12 aromatic rings. The average molecular weight is 2070 g/mol. The van der Waals surface area contributed by atoms with E-state index in [1.54, 1.807) is 12.0 Å². The summed E-state index contributed by atoms with van der Waals surface area (Å²) in [5.74, 6) is -2.45. The molecule has 2 saturated heterocycles. The van der Waals surface area contributed by atoms with Crippen LogP contribution in [0.25, 0.3) is 0 Å². The van der Waals surface area contributed by atoms with Gasteiger partial charge < -0.3 is 63.0 Å². The number of aliphatic carboxylic acids is 1. The lowest BCUT2D eigenvalue weighted by Gasteiger charge is -2.55. The summed E-state index contributed by atoms with van der Waals surface area (Å²) in [6.45, 7) is 20.0. The number of aliphatic hydroxyl groups is 1. The number of hydrogen-bond donors (Lipinski definition) is 3. The molecule has 9 aliphatic rings. The van der Waals surface area contributed by atoms with Crippen LogP contribution in [-0.2, 0) is 96.8 Å². The van der Waals surface area contributed by atoms with E-state index in [4.69, 9.17) is 43.4 Å². The molecule has 0 aromatic heterocycles. The van der Waals surface area contributed by atoms with Crippen molar-refractivity contribution in [1.82, 2.24) is 9.80 Å². The molecule has 2 atom stereocenters. The Morgan fingerprint density at radius 3 is 1.18 bits per heavy atom. The van der Waals surface area contributed by atoms with Crippen LogP contribution in [0.5, 0.6) is 5.75 Å². The lowest BCUT2D eigenvalue weighted by molar-refractivity contribution is -0.268. The minimum atomic E-state index is -4.33. The number of amides is 1. The number of rotatable bonds is 28. The Labute approximate surface area is 876 Å². The van der Waals surface area contributed by atoms with Crippen molar-refractivity contribution in [1.29, 1.82) is 0 Å². The van der Waals surface area contributed by atoms with Gasteiger partial charge in [-0.05, 0) is 246 Å². The van der Waals surface area contributed by atoms with Crippen LogP contribution < -0.4 is 5.11 Å². The van der Waals surface area contributed by atoms with E-state index in [0.29, 0.717) is 96.2 Å². The lowest BCUT2D eigenvalue weighted by atomic mass is 9.54. The first-order chi connectivity index (χ1) is 71.1. The second kappa shape index (κ2) is 58.2. The van der Waals surface area contributed by atoms with Crippen LogP contribution in [0.4, 0.5) is 10.5 Å². The van der Waals surface area contributed by atoms with E-state index in [2.05, 4.69) is 325 Å². The second-order valence-electron chi connectivity index (χ2n) is 38.4. The first kappa shape index (κ1) is 114. The fourth-order valence-electron chi connectivity index (χ4n) is 19.7. The zero-order chi connectivity index (χ0) is 104. The summed E-state index contributed by atoms with van der Waals surface area (Å²) in [4.78, 5) is 76.4. The number of morpholine rings is 1. The molecular formula is C121H140N3O19S4+. The topological polar surface area (TPSA) is 310 Å². The number of carbonyl (C=O) groups is 5. The predicted octanol–water partition coefficient (Wildman–Crippen LogP) is 22.5. The molecule has 147 heavy (non-hydrogen) atoms. The fraction of sp³-hybridized carbons (Fsp3) is 0.355. The van der Waals surface area contributed by atoms with Gasteiger partial charge in [0, 0.05) is 58.1 Å². The number of carbonyl (C=O) groups excluding carboxylic acids is 3. The van der Waals surface area contributed by atoms with Gasteiger partial charge in [-0.2, -0.15) is 0 Å². The van der Waals surface area contributed by atoms with Crippen molar-refractivity contribution in [2.75, 3.05) is 105 Å². The van der Waals surface area contributed by atoms with E-state index in [9.17, 15) is 47.2 Å². The maximum atomic E-state index is 11.8. The summed E-state index contributed by atoms with van der Waals surface area (Å²) >= 11 is 0. The number of likely N-dealkylation sites (tertiary alicyclic amines) is 1. The Balaban J connectivity index is 0.000000148. The third-order valence-electron chi connectivity index (χ3n) is 27.4. The van der Waals surface area contributed by atoms with Gasteiger partial charge in [0.1, 0.15) is 17.0 Å². The smallest absolute Gasteiger partial charge is 0.417 e. The number of hydrogen-bond acceptors (Lipinski definition) is 19. The van der Waals surface area contributed by atoms with Gasteiger partial charge in [0.2, 0.25) is 0 Å². The first-order valence-electron chi connectivity index (χ1n) is 50.6. The number of aliphatic imine (C=N–C) groups is 1. The molecule has 8 fully saturated rings. The average Bonchev–Trinajstić information content (AvgIpc) is 1.55.